The molecule has 7 aromatic carbocycles. The van der Waals surface area contributed by atoms with Gasteiger partial charge in [0.25, 0.3) is 0 Å². The van der Waals surface area contributed by atoms with E-state index < -0.39 is 0 Å². The zero-order chi connectivity index (χ0) is 33.5. The molecule has 3 atom stereocenters. The SMILES string of the molecule is c1ccc(C2NC(c3ccc4sc5ccccc5c4c3)NC(c3cccc4c3oc3ccc(-c5cccc6oc7ccccc7c56)cc34)N2)cc1. The van der Waals surface area contributed by atoms with E-state index in [1.165, 1.54) is 31.3 Å². The molecule has 0 aliphatic carbocycles. The van der Waals surface area contributed by atoms with E-state index >= 15 is 0 Å². The Bertz CT molecular complexity index is 2940. The number of hydrogen-bond donors (Lipinski definition) is 3. The normalized spacial score (nSPS) is 18.2. The van der Waals surface area contributed by atoms with Gasteiger partial charge in [-0.3, -0.25) is 16.0 Å². The van der Waals surface area contributed by atoms with Gasteiger partial charge in [0.1, 0.15) is 22.3 Å². The van der Waals surface area contributed by atoms with E-state index in [9.17, 15) is 0 Å². The summed E-state index contributed by atoms with van der Waals surface area (Å²) in [5.41, 5.74) is 9.27. The van der Waals surface area contributed by atoms with Crippen molar-refractivity contribution in [3.8, 4) is 11.1 Å². The third kappa shape index (κ3) is 4.65. The van der Waals surface area contributed by atoms with Crippen molar-refractivity contribution >= 4 is 75.4 Å². The number of fused-ring (bicyclic) bond motifs is 9. The minimum absolute atomic E-state index is 0.0890. The third-order valence-electron chi connectivity index (χ3n) is 10.4. The molecule has 5 nitrogen and oxygen atoms in total. The van der Waals surface area contributed by atoms with Crippen molar-refractivity contribution in [3.63, 3.8) is 0 Å². The van der Waals surface area contributed by atoms with Crippen LogP contribution in [0.3, 0.4) is 0 Å². The molecule has 4 heterocycles. The van der Waals surface area contributed by atoms with Gasteiger partial charge >= 0.3 is 0 Å². The molecule has 0 saturated carbocycles. The molecular formula is C45H31N3O2S. The van der Waals surface area contributed by atoms with E-state index in [-0.39, 0.29) is 18.5 Å². The van der Waals surface area contributed by atoms with Crippen LogP contribution >= 0.6 is 11.3 Å². The summed E-state index contributed by atoms with van der Waals surface area (Å²) in [5.74, 6) is 0. The highest BCUT2D eigenvalue weighted by Crippen LogP contribution is 2.41. The number of furan rings is 2. The molecule has 0 bridgehead atoms. The summed E-state index contributed by atoms with van der Waals surface area (Å²) in [5, 5.41) is 18.7. The van der Waals surface area contributed by atoms with Crippen molar-refractivity contribution < 1.29 is 8.83 Å². The van der Waals surface area contributed by atoms with Crippen LogP contribution in [-0.2, 0) is 0 Å². The molecule has 6 heteroatoms. The molecule has 1 saturated heterocycles. The van der Waals surface area contributed by atoms with Crippen molar-refractivity contribution in [2.45, 2.75) is 18.5 Å². The fourth-order valence-corrected chi connectivity index (χ4v) is 9.09. The van der Waals surface area contributed by atoms with Crippen LogP contribution in [-0.4, -0.2) is 0 Å². The lowest BCUT2D eigenvalue weighted by Gasteiger charge is -2.39. The molecular weight excluding hydrogens is 647 g/mol. The predicted molar refractivity (Wildman–Crippen MR) is 210 cm³/mol. The first-order chi connectivity index (χ1) is 25.2. The number of benzene rings is 7. The van der Waals surface area contributed by atoms with Gasteiger partial charge in [0.15, 0.2) is 0 Å². The quantitative estimate of drug-likeness (QED) is 0.173. The lowest BCUT2D eigenvalue weighted by Crippen LogP contribution is -2.54. The highest BCUT2D eigenvalue weighted by atomic mass is 32.1. The molecule has 3 aromatic heterocycles. The van der Waals surface area contributed by atoms with Crippen LogP contribution in [0.2, 0.25) is 0 Å². The largest absolute Gasteiger partial charge is 0.456 e. The molecule has 0 radical (unpaired) electrons. The van der Waals surface area contributed by atoms with Gasteiger partial charge in [-0.05, 0) is 64.7 Å². The molecule has 11 rings (SSSR count). The monoisotopic (exact) mass is 677 g/mol. The van der Waals surface area contributed by atoms with Crippen LogP contribution in [0.5, 0.6) is 0 Å². The molecule has 3 N–H and O–H groups in total. The lowest BCUT2D eigenvalue weighted by molar-refractivity contribution is 0.203. The van der Waals surface area contributed by atoms with Gasteiger partial charge in [0.05, 0.1) is 18.5 Å². The van der Waals surface area contributed by atoms with Crippen LogP contribution < -0.4 is 16.0 Å². The summed E-state index contributed by atoms with van der Waals surface area (Å²) in [4.78, 5) is 0. The lowest BCUT2D eigenvalue weighted by atomic mass is 9.97. The van der Waals surface area contributed by atoms with Gasteiger partial charge in [-0.2, -0.15) is 0 Å². The number of thiophene rings is 1. The van der Waals surface area contributed by atoms with E-state index in [2.05, 4.69) is 149 Å². The average molecular weight is 678 g/mol. The first kappa shape index (κ1) is 29.0. The molecule has 10 aromatic rings. The van der Waals surface area contributed by atoms with Crippen molar-refractivity contribution in [1.82, 2.24) is 16.0 Å². The molecule has 0 amide bonds. The van der Waals surface area contributed by atoms with Crippen molar-refractivity contribution in [2.75, 3.05) is 0 Å². The summed E-state index contributed by atoms with van der Waals surface area (Å²) in [7, 11) is 0. The van der Waals surface area contributed by atoms with E-state index in [0.717, 1.165) is 60.6 Å². The van der Waals surface area contributed by atoms with Crippen LogP contribution in [0, 0.1) is 0 Å². The van der Waals surface area contributed by atoms with Crippen molar-refractivity contribution in [3.05, 3.63) is 168 Å². The van der Waals surface area contributed by atoms with E-state index in [1.807, 2.05) is 29.5 Å². The Morgan fingerprint density at radius 3 is 2.06 bits per heavy atom. The average Bonchev–Trinajstić information content (AvgIpc) is 3.88. The Hall–Kier alpha value is -5.76. The van der Waals surface area contributed by atoms with Gasteiger partial charge in [0.2, 0.25) is 0 Å². The fourth-order valence-electron chi connectivity index (χ4n) is 8.01. The number of nitrogens with one attached hydrogen (secondary N) is 3. The second-order valence-electron chi connectivity index (χ2n) is 13.4. The Balaban J connectivity index is 1.03. The maximum absolute atomic E-state index is 6.73. The fraction of sp³-hybridized carbons (Fsp3) is 0.0667. The Morgan fingerprint density at radius 1 is 0.431 bits per heavy atom. The highest BCUT2D eigenvalue weighted by Gasteiger charge is 2.31. The van der Waals surface area contributed by atoms with Crippen LogP contribution in [0.4, 0.5) is 0 Å². The van der Waals surface area contributed by atoms with Crippen LogP contribution in [0.25, 0.3) is 75.2 Å². The van der Waals surface area contributed by atoms with Gasteiger partial charge in [-0.15, -0.1) is 11.3 Å². The summed E-state index contributed by atoms with van der Waals surface area (Å²) in [6, 6.07) is 53.7. The zero-order valence-corrected chi connectivity index (χ0v) is 28.2. The summed E-state index contributed by atoms with van der Waals surface area (Å²) in [6.07, 6.45) is -0.388. The minimum atomic E-state index is -0.189. The Labute approximate surface area is 297 Å². The second kappa shape index (κ2) is 11.4. The molecule has 0 spiro atoms. The van der Waals surface area contributed by atoms with Gasteiger partial charge < -0.3 is 8.83 Å². The molecule has 51 heavy (non-hydrogen) atoms. The van der Waals surface area contributed by atoms with Crippen LogP contribution in [0.15, 0.2) is 160 Å². The predicted octanol–water partition coefficient (Wildman–Crippen LogP) is 11.7. The van der Waals surface area contributed by atoms with Crippen molar-refractivity contribution in [2.24, 2.45) is 0 Å². The maximum atomic E-state index is 6.73. The zero-order valence-electron chi connectivity index (χ0n) is 27.4. The topological polar surface area (TPSA) is 62.4 Å². The number of hydrogen-bond acceptors (Lipinski definition) is 6. The summed E-state index contributed by atoms with van der Waals surface area (Å²) >= 11 is 1.85. The molecule has 1 aliphatic rings. The minimum Gasteiger partial charge on any atom is -0.456 e. The van der Waals surface area contributed by atoms with Gasteiger partial charge in [-0.25, -0.2) is 0 Å². The summed E-state index contributed by atoms with van der Waals surface area (Å²) in [6.45, 7) is 0. The maximum Gasteiger partial charge on any atom is 0.141 e. The molecule has 244 valence electrons. The standard InChI is InChI=1S/C45H31N3O2S/c1-2-10-26(11-3-1)43-46-44(28-21-23-40-35(25-28)30-12-5-7-19-39(30)51-40)48-45(47-43)33-16-8-15-31-34-24-27(20-22-37(34)50-42(31)33)29-14-9-18-38-41(29)32-13-4-6-17-36(32)49-38/h1-25,43-48H. The molecule has 1 fully saturated rings. The molecule has 1 aliphatic heterocycles. The van der Waals surface area contributed by atoms with Gasteiger partial charge in [0, 0.05) is 47.3 Å². The van der Waals surface area contributed by atoms with Crippen molar-refractivity contribution in [1.29, 1.82) is 0 Å². The van der Waals surface area contributed by atoms with E-state index in [4.69, 9.17) is 8.83 Å². The van der Waals surface area contributed by atoms with E-state index in [0.29, 0.717) is 0 Å². The smallest absolute Gasteiger partial charge is 0.141 e. The first-order valence-corrected chi connectivity index (χ1v) is 18.2. The third-order valence-corrected chi connectivity index (χ3v) is 11.6. The van der Waals surface area contributed by atoms with Crippen LogP contribution in [0.1, 0.15) is 35.2 Å². The summed E-state index contributed by atoms with van der Waals surface area (Å²) < 4.78 is 15.6. The highest BCUT2D eigenvalue weighted by molar-refractivity contribution is 7.25. The molecule has 3 unspecified atom stereocenters. The first-order valence-electron chi connectivity index (χ1n) is 17.4. The van der Waals surface area contributed by atoms with E-state index in [1.54, 1.807) is 0 Å². The Kier molecular flexibility index (Phi) is 6.48. The number of rotatable bonds is 4. The van der Waals surface area contributed by atoms with Gasteiger partial charge in [-0.1, -0.05) is 109 Å². The number of para-hydroxylation sites is 2. The second-order valence-corrected chi connectivity index (χ2v) is 14.5. The Morgan fingerprint density at radius 2 is 1.14 bits per heavy atom.